The van der Waals surface area contributed by atoms with E-state index in [1.807, 2.05) is 79.1 Å². The van der Waals surface area contributed by atoms with Gasteiger partial charge >= 0.3 is 6.03 Å². The van der Waals surface area contributed by atoms with Crippen LogP contribution in [0, 0.1) is 13.8 Å². The molecule has 31 heavy (non-hydrogen) atoms. The van der Waals surface area contributed by atoms with E-state index in [9.17, 15) is 14.4 Å². The third kappa shape index (κ3) is 4.25. The summed E-state index contributed by atoms with van der Waals surface area (Å²) in [5, 5.41) is 5.29. The van der Waals surface area contributed by atoms with E-state index >= 15 is 0 Å². The van der Waals surface area contributed by atoms with Gasteiger partial charge in [0.25, 0.3) is 5.91 Å². The summed E-state index contributed by atoms with van der Waals surface area (Å²) in [6.45, 7) is 3.51. The summed E-state index contributed by atoms with van der Waals surface area (Å²) < 4.78 is 1.99. The summed E-state index contributed by atoms with van der Waals surface area (Å²) in [6.07, 6.45) is 1.62. The van der Waals surface area contributed by atoms with Crippen molar-refractivity contribution in [2.75, 3.05) is 11.9 Å². The quantitative estimate of drug-likeness (QED) is 0.494. The first kappa shape index (κ1) is 20.2. The van der Waals surface area contributed by atoms with Crippen LogP contribution in [-0.2, 0) is 9.59 Å². The Labute approximate surface area is 180 Å². The van der Waals surface area contributed by atoms with E-state index in [1.54, 1.807) is 12.1 Å². The van der Waals surface area contributed by atoms with Gasteiger partial charge in [0.15, 0.2) is 0 Å². The molecule has 1 fully saturated rings. The maximum Gasteiger partial charge on any atom is 0.329 e. The second-order valence-electron chi connectivity index (χ2n) is 7.37. The highest BCUT2D eigenvalue weighted by Gasteiger charge is 2.35. The highest BCUT2D eigenvalue weighted by molar-refractivity contribution is 6.15. The Morgan fingerprint density at radius 3 is 2.52 bits per heavy atom. The molecule has 0 atom stereocenters. The van der Waals surface area contributed by atoms with E-state index in [-0.39, 0.29) is 12.2 Å². The van der Waals surface area contributed by atoms with Gasteiger partial charge in [-0.1, -0.05) is 30.3 Å². The molecule has 7 heteroatoms. The number of nitrogens with one attached hydrogen (secondary N) is 2. The largest absolute Gasteiger partial charge is 0.329 e. The molecule has 1 aliphatic rings. The monoisotopic (exact) mass is 414 g/mol. The molecule has 4 amide bonds. The third-order valence-corrected chi connectivity index (χ3v) is 4.98. The Bertz CT molecular complexity index is 1190. The lowest BCUT2D eigenvalue weighted by atomic mass is 10.2. The van der Waals surface area contributed by atoms with Crippen molar-refractivity contribution in [1.82, 2.24) is 14.8 Å². The first-order chi connectivity index (χ1) is 14.9. The summed E-state index contributed by atoms with van der Waals surface area (Å²) in [4.78, 5) is 38.4. The molecule has 0 bridgehead atoms. The summed E-state index contributed by atoms with van der Waals surface area (Å²) in [5.74, 6) is -0.985. The van der Waals surface area contributed by atoms with E-state index in [1.165, 1.54) is 0 Å². The lowest BCUT2D eigenvalue weighted by Crippen LogP contribution is -2.38. The van der Waals surface area contributed by atoms with Crippen LogP contribution in [0.25, 0.3) is 11.8 Å². The van der Waals surface area contributed by atoms with Crippen LogP contribution >= 0.6 is 0 Å². The Morgan fingerprint density at radius 1 is 1.00 bits per heavy atom. The Kier molecular flexibility index (Phi) is 5.41. The average molecular weight is 414 g/mol. The predicted molar refractivity (Wildman–Crippen MR) is 119 cm³/mol. The van der Waals surface area contributed by atoms with Crippen molar-refractivity contribution in [3.63, 3.8) is 0 Å². The zero-order valence-corrected chi connectivity index (χ0v) is 17.3. The molecule has 0 aliphatic carbocycles. The summed E-state index contributed by atoms with van der Waals surface area (Å²) in [7, 11) is 0. The number of para-hydroxylation sites is 1. The van der Waals surface area contributed by atoms with Crippen molar-refractivity contribution < 1.29 is 14.4 Å². The minimum Gasteiger partial charge on any atom is -0.325 e. The maximum absolute atomic E-state index is 12.8. The number of benzene rings is 2. The standard InChI is InChI=1S/C24H22N4O3/c1-16-7-6-8-18(13-16)25-22(29)15-27-23(30)21(26-24(27)31)14-20-12-11-17(2)28(20)19-9-4-3-5-10-19/h3-14H,15H2,1-2H3,(H,25,29)(H,26,31)/b21-14-. The molecule has 1 saturated heterocycles. The number of urea groups is 1. The molecule has 0 radical (unpaired) electrons. The first-order valence-electron chi connectivity index (χ1n) is 9.87. The van der Waals surface area contributed by atoms with Crippen LogP contribution in [0.5, 0.6) is 0 Å². The molecule has 4 rings (SSSR count). The molecule has 3 aromatic rings. The fourth-order valence-electron chi connectivity index (χ4n) is 3.53. The Balaban J connectivity index is 1.53. The van der Waals surface area contributed by atoms with Crippen LogP contribution in [-0.4, -0.2) is 33.9 Å². The van der Waals surface area contributed by atoms with Gasteiger partial charge in [0.1, 0.15) is 12.2 Å². The summed E-state index contributed by atoms with van der Waals surface area (Å²) in [5.41, 5.74) is 4.42. The number of anilines is 1. The van der Waals surface area contributed by atoms with E-state index in [0.29, 0.717) is 5.69 Å². The molecule has 0 spiro atoms. The number of amides is 4. The Morgan fingerprint density at radius 2 is 1.77 bits per heavy atom. The van der Waals surface area contributed by atoms with Crippen molar-refractivity contribution in [2.45, 2.75) is 13.8 Å². The van der Waals surface area contributed by atoms with Gasteiger partial charge in [-0.25, -0.2) is 9.69 Å². The van der Waals surface area contributed by atoms with E-state index in [0.717, 1.165) is 27.5 Å². The van der Waals surface area contributed by atoms with Gasteiger partial charge in [-0.15, -0.1) is 0 Å². The average Bonchev–Trinajstić information content (AvgIpc) is 3.23. The smallest absolute Gasteiger partial charge is 0.325 e. The van der Waals surface area contributed by atoms with Gasteiger partial charge in [-0.05, 0) is 61.9 Å². The van der Waals surface area contributed by atoms with Crippen molar-refractivity contribution in [3.8, 4) is 5.69 Å². The lowest BCUT2D eigenvalue weighted by molar-refractivity contribution is -0.127. The normalized spacial score (nSPS) is 14.8. The van der Waals surface area contributed by atoms with Crippen LogP contribution in [0.2, 0.25) is 0 Å². The topological polar surface area (TPSA) is 83.4 Å². The number of imide groups is 1. The molecular formula is C24H22N4O3. The SMILES string of the molecule is Cc1cccc(NC(=O)CN2C(=O)N/C(=C\c3ccc(C)n3-c3ccccc3)C2=O)c1. The summed E-state index contributed by atoms with van der Waals surface area (Å²) in [6, 6.07) is 20.2. The molecule has 2 heterocycles. The second kappa shape index (κ2) is 8.31. The van der Waals surface area contributed by atoms with Crippen molar-refractivity contribution in [3.05, 3.63) is 89.4 Å². The number of aromatic nitrogens is 1. The minimum atomic E-state index is -0.620. The highest BCUT2D eigenvalue weighted by Crippen LogP contribution is 2.21. The van der Waals surface area contributed by atoms with Crippen LogP contribution in [0.3, 0.4) is 0 Å². The Hall–Kier alpha value is -4.13. The molecule has 2 N–H and O–H groups in total. The molecule has 7 nitrogen and oxygen atoms in total. The number of hydrogen-bond donors (Lipinski definition) is 2. The second-order valence-corrected chi connectivity index (χ2v) is 7.37. The van der Waals surface area contributed by atoms with Crippen LogP contribution in [0.4, 0.5) is 10.5 Å². The molecule has 2 aromatic carbocycles. The fraction of sp³-hybridized carbons (Fsp3) is 0.125. The highest BCUT2D eigenvalue weighted by atomic mass is 16.2. The van der Waals surface area contributed by atoms with Crippen molar-refractivity contribution in [2.24, 2.45) is 0 Å². The van der Waals surface area contributed by atoms with Crippen LogP contribution in [0.1, 0.15) is 17.0 Å². The van der Waals surface area contributed by atoms with Gasteiger partial charge in [-0.2, -0.15) is 0 Å². The van der Waals surface area contributed by atoms with Crippen LogP contribution in [0.15, 0.2) is 72.4 Å². The van der Waals surface area contributed by atoms with E-state index < -0.39 is 17.8 Å². The molecule has 1 aromatic heterocycles. The molecule has 0 unspecified atom stereocenters. The fourth-order valence-corrected chi connectivity index (χ4v) is 3.53. The van der Waals surface area contributed by atoms with E-state index in [2.05, 4.69) is 10.6 Å². The summed E-state index contributed by atoms with van der Waals surface area (Å²) >= 11 is 0. The zero-order chi connectivity index (χ0) is 22.0. The minimum absolute atomic E-state index is 0.128. The van der Waals surface area contributed by atoms with Crippen LogP contribution < -0.4 is 10.6 Å². The number of rotatable bonds is 5. The molecular weight excluding hydrogens is 392 g/mol. The molecule has 156 valence electrons. The van der Waals surface area contributed by atoms with Crippen molar-refractivity contribution in [1.29, 1.82) is 0 Å². The lowest BCUT2D eigenvalue weighted by Gasteiger charge is -2.12. The van der Waals surface area contributed by atoms with Gasteiger partial charge in [0.2, 0.25) is 5.91 Å². The number of hydrogen-bond acceptors (Lipinski definition) is 3. The molecule has 0 saturated carbocycles. The number of aryl methyl sites for hydroxylation is 2. The molecule has 1 aliphatic heterocycles. The number of carbonyl (C=O) groups is 3. The number of nitrogens with zero attached hydrogens (tertiary/aromatic N) is 2. The van der Waals surface area contributed by atoms with Crippen molar-refractivity contribution >= 4 is 29.6 Å². The van der Waals surface area contributed by atoms with Gasteiger partial charge < -0.3 is 15.2 Å². The zero-order valence-electron chi connectivity index (χ0n) is 17.3. The maximum atomic E-state index is 12.8. The van der Waals surface area contributed by atoms with Gasteiger partial charge in [0, 0.05) is 22.8 Å². The third-order valence-electron chi connectivity index (χ3n) is 4.98. The predicted octanol–water partition coefficient (Wildman–Crippen LogP) is 3.63. The first-order valence-corrected chi connectivity index (χ1v) is 9.87. The van der Waals surface area contributed by atoms with E-state index in [4.69, 9.17) is 0 Å². The van der Waals surface area contributed by atoms with Gasteiger partial charge in [-0.3, -0.25) is 9.59 Å². The number of carbonyl (C=O) groups excluding carboxylic acids is 3. The van der Waals surface area contributed by atoms with Gasteiger partial charge in [0.05, 0.1) is 0 Å².